The SMILES string of the molecule is NC1=CN(N)CC(N)=C1. The van der Waals surface area contributed by atoms with Crippen LogP contribution in [0.25, 0.3) is 0 Å². The highest BCUT2D eigenvalue weighted by Gasteiger charge is 2.02. The van der Waals surface area contributed by atoms with Gasteiger partial charge in [0.2, 0.25) is 0 Å². The van der Waals surface area contributed by atoms with Crippen molar-refractivity contribution in [2.75, 3.05) is 6.54 Å². The zero-order valence-electron chi connectivity index (χ0n) is 5.04. The Morgan fingerprint density at radius 1 is 1.44 bits per heavy atom. The molecule has 1 aliphatic rings. The van der Waals surface area contributed by atoms with Crippen LogP contribution in [-0.4, -0.2) is 11.6 Å². The Kier molecular flexibility index (Phi) is 1.32. The van der Waals surface area contributed by atoms with Gasteiger partial charge in [0.1, 0.15) is 0 Å². The molecule has 0 aromatic rings. The highest BCUT2D eigenvalue weighted by atomic mass is 15.4. The summed E-state index contributed by atoms with van der Waals surface area (Å²) in [4.78, 5) is 0. The van der Waals surface area contributed by atoms with Crippen LogP contribution in [0.15, 0.2) is 23.7 Å². The van der Waals surface area contributed by atoms with Crippen LogP contribution in [0.5, 0.6) is 0 Å². The molecule has 0 spiro atoms. The summed E-state index contributed by atoms with van der Waals surface area (Å²) in [5.74, 6) is 5.37. The van der Waals surface area contributed by atoms with E-state index in [1.54, 1.807) is 12.3 Å². The molecule has 0 atom stereocenters. The summed E-state index contributed by atoms with van der Waals surface area (Å²) in [6.45, 7) is 0.556. The van der Waals surface area contributed by atoms with E-state index < -0.39 is 0 Å². The normalized spacial score (nSPS) is 19.0. The zero-order chi connectivity index (χ0) is 6.85. The minimum Gasteiger partial charge on any atom is -0.400 e. The van der Waals surface area contributed by atoms with Gasteiger partial charge in [0.15, 0.2) is 0 Å². The fourth-order valence-electron chi connectivity index (χ4n) is 0.745. The van der Waals surface area contributed by atoms with Gasteiger partial charge >= 0.3 is 0 Å². The summed E-state index contributed by atoms with van der Waals surface area (Å²) >= 11 is 0. The summed E-state index contributed by atoms with van der Waals surface area (Å²) in [5, 5.41) is 1.45. The molecule has 0 aromatic carbocycles. The quantitative estimate of drug-likeness (QED) is 0.357. The lowest BCUT2D eigenvalue weighted by molar-refractivity contribution is 0.417. The Labute approximate surface area is 53.6 Å². The van der Waals surface area contributed by atoms with Gasteiger partial charge in [-0.2, -0.15) is 0 Å². The van der Waals surface area contributed by atoms with Crippen LogP contribution in [0.4, 0.5) is 0 Å². The molecule has 4 nitrogen and oxygen atoms in total. The summed E-state index contributed by atoms with van der Waals surface area (Å²) in [5.41, 5.74) is 12.1. The summed E-state index contributed by atoms with van der Waals surface area (Å²) in [6, 6.07) is 0. The maximum absolute atomic E-state index is 5.43. The van der Waals surface area contributed by atoms with Crippen molar-refractivity contribution in [1.82, 2.24) is 5.01 Å². The van der Waals surface area contributed by atoms with E-state index in [4.69, 9.17) is 17.3 Å². The minimum atomic E-state index is 0.556. The lowest BCUT2D eigenvalue weighted by Crippen LogP contribution is -2.33. The molecule has 0 saturated carbocycles. The smallest absolute Gasteiger partial charge is 0.0731 e. The molecule has 50 valence electrons. The number of hydrazine groups is 1. The van der Waals surface area contributed by atoms with Crippen molar-refractivity contribution < 1.29 is 0 Å². The average Bonchev–Trinajstić information content (AvgIpc) is 1.59. The van der Waals surface area contributed by atoms with Crippen molar-refractivity contribution in [3.05, 3.63) is 23.7 Å². The Morgan fingerprint density at radius 2 is 2.11 bits per heavy atom. The highest BCUT2D eigenvalue weighted by molar-refractivity contribution is 5.23. The number of rotatable bonds is 0. The topological polar surface area (TPSA) is 81.3 Å². The van der Waals surface area contributed by atoms with Gasteiger partial charge in [-0.05, 0) is 6.08 Å². The second-order valence-corrected chi connectivity index (χ2v) is 2.02. The van der Waals surface area contributed by atoms with Gasteiger partial charge in [-0.15, -0.1) is 0 Å². The second kappa shape index (κ2) is 1.99. The van der Waals surface area contributed by atoms with Crippen molar-refractivity contribution in [1.29, 1.82) is 0 Å². The molecule has 0 unspecified atom stereocenters. The molecule has 9 heavy (non-hydrogen) atoms. The van der Waals surface area contributed by atoms with Crippen molar-refractivity contribution in [3.63, 3.8) is 0 Å². The first-order valence-corrected chi connectivity index (χ1v) is 2.63. The molecule has 6 N–H and O–H groups in total. The van der Waals surface area contributed by atoms with E-state index in [9.17, 15) is 0 Å². The third kappa shape index (κ3) is 1.36. The minimum absolute atomic E-state index is 0.556. The van der Waals surface area contributed by atoms with E-state index in [0.29, 0.717) is 17.9 Å². The zero-order valence-corrected chi connectivity index (χ0v) is 5.04. The molecular weight excluding hydrogens is 116 g/mol. The molecule has 0 radical (unpaired) electrons. The number of hydrogen-bond donors (Lipinski definition) is 3. The fourth-order valence-corrected chi connectivity index (χ4v) is 0.745. The summed E-state index contributed by atoms with van der Waals surface area (Å²) in [7, 11) is 0. The third-order valence-electron chi connectivity index (χ3n) is 1.03. The predicted molar refractivity (Wildman–Crippen MR) is 35.4 cm³/mol. The van der Waals surface area contributed by atoms with Gasteiger partial charge in [0, 0.05) is 11.9 Å². The molecule has 1 aliphatic heterocycles. The summed E-state index contributed by atoms with van der Waals surface area (Å²) in [6.07, 6.45) is 3.33. The predicted octanol–water partition coefficient (Wildman–Crippen LogP) is -1.18. The van der Waals surface area contributed by atoms with Crippen molar-refractivity contribution >= 4 is 0 Å². The highest BCUT2D eigenvalue weighted by Crippen LogP contribution is 2.00. The van der Waals surface area contributed by atoms with Crippen molar-refractivity contribution in [2.45, 2.75) is 0 Å². The van der Waals surface area contributed by atoms with Gasteiger partial charge in [0.05, 0.1) is 12.2 Å². The van der Waals surface area contributed by atoms with E-state index in [0.717, 1.165) is 0 Å². The van der Waals surface area contributed by atoms with Gasteiger partial charge in [0.25, 0.3) is 0 Å². The van der Waals surface area contributed by atoms with Gasteiger partial charge in [-0.3, -0.25) is 0 Å². The Balaban J connectivity index is 2.74. The standard InChI is InChI=1S/C5H10N4/c6-4-1-5(7)3-9(8)2-4/h1-2H,3,6-8H2. The van der Waals surface area contributed by atoms with Crippen LogP contribution in [-0.2, 0) is 0 Å². The third-order valence-corrected chi connectivity index (χ3v) is 1.03. The van der Waals surface area contributed by atoms with E-state index in [2.05, 4.69) is 0 Å². The molecule has 0 saturated heterocycles. The maximum atomic E-state index is 5.43. The van der Waals surface area contributed by atoms with Crippen molar-refractivity contribution in [2.24, 2.45) is 17.3 Å². The van der Waals surface area contributed by atoms with Gasteiger partial charge < -0.3 is 16.5 Å². The molecule has 1 heterocycles. The van der Waals surface area contributed by atoms with Crippen LogP contribution in [0, 0.1) is 0 Å². The molecule has 0 fully saturated rings. The first-order valence-electron chi connectivity index (χ1n) is 2.63. The van der Waals surface area contributed by atoms with Crippen LogP contribution in [0.3, 0.4) is 0 Å². The number of allylic oxidation sites excluding steroid dienone is 1. The Hall–Kier alpha value is -1.16. The van der Waals surface area contributed by atoms with Crippen LogP contribution in [0.2, 0.25) is 0 Å². The monoisotopic (exact) mass is 126 g/mol. The van der Waals surface area contributed by atoms with E-state index >= 15 is 0 Å². The number of nitrogens with zero attached hydrogens (tertiary/aromatic N) is 1. The van der Waals surface area contributed by atoms with E-state index in [1.807, 2.05) is 0 Å². The van der Waals surface area contributed by atoms with Gasteiger partial charge in [-0.25, -0.2) is 5.84 Å². The molecule has 0 aliphatic carbocycles. The Morgan fingerprint density at radius 3 is 2.56 bits per heavy atom. The first-order chi connectivity index (χ1) is 4.18. The molecule has 1 rings (SSSR count). The van der Waals surface area contributed by atoms with Gasteiger partial charge in [-0.1, -0.05) is 0 Å². The Bertz CT molecular complexity index is 170. The molecule has 0 aromatic heterocycles. The molecule has 0 bridgehead atoms. The van der Waals surface area contributed by atoms with Crippen LogP contribution >= 0.6 is 0 Å². The lowest BCUT2D eigenvalue weighted by atomic mass is 10.3. The number of hydrogen-bond acceptors (Lipinski definition) is 4. The largest absolute Gasteiger partial charge is 0.400 e. The van der Waals surface area contributed by atoms with E-state index in [1.165, 1.54) is 5.01 Å². The maximum Gasteiger partial charge on any atom is 0.0731 e. The molecular formula is C5H10N4. The van der Waals surface area contributed by atoms with Crippen LogP contribution in [0.1, 0.15) is 0 Å². The van der Waals surface area contributed by atoms with Crippen LogP contribution < -0.4 is 17.3 Å². The first kappa shape index (κ1) is 5.97. The second-order valence-electron chi connectivity index (χ2n) is 2.02. The van der Waals surface area contributed by atoms with Crippen molar-refractivity contribution in [3.8, 4) is 0 Å². The van der Waals surface area contributed by atoms with E-state index in [-0.39, 0.29) is 0 Å². The average molecular weight is 126 g/mol. The molecule has 0 amide bonds. The lowest BCUT2D eigenvalue weighted by Gasteiger charge is -2.18. The number of nitrogens with two attached hydrogens (primary N) is 3. The fraction of sp³-hybridized carbons (Fsp3) is 0.200. The molecule has 4 heteroatoms. The summed E-state index contributed by atoms with van der Waals surface area (Å²) < 4.78 is 0.